The summed E-state index contributed by atoms with van der Waals surface area (Å²) in [5.41, 5.74) is -0.195. The third kappa shape index (κ3) is 4.12. The van der Waals surface area contributed by atoms with Gasteiger partial charge in [-0.25, -0.2) is 4.79 Å². The lowest BCUT2D eigenvalue weighted by atomic mass is 9.97. The molecule has 5 nitrogen and oxygen atoms in total. The van der Waals surface area contributed by atoms with Crippen molar-refractivity contribution >= 4 is 16.9 Å². The molecule has 8 heteroatoms. The molecule has 0 saturated carbocycles. The minimum Gasteiger partial charge on any atom is -0.484 e. The van der Waals surface area contributed by atoms with Crippen molar-refractivity contribution in [1.82, 2.24) is 4.90 Å². The predicted molar refractivity (Wildman–Crippen MR) is 83.3 cm³/mol. The smallest absolute Gasteiger partial charge is 0.393 e. The maximum Gasteiger partial charge on any atom is 0.393 e. The SMILES string of the molecule is O=C(COc1ccc2ccc(=O)oc2c1)N1CCC[C@@H](C(F)(F)F)C1. The first-order valence-electron chi connectivity index (χ1n) is 7.84. The minimum absolute atomic E-state index is 0.0395. The molecule has 0 N–H and O–H groups in total. The van der Waals surface area contributed by atoms with Gasteiger partial charge in [0.15, 0.2) is 6.61 Å². The zero-order chi connectivity index (χ0) is 18.0. The molecule has 0 aliphatic carbocycles. The molecule has 2 heterocycles. The molecule has 1 fully saturated rings. The summed E-state index contributed by atoms with van der Waals surface area (Å²) in [7, 11) is 0. The van der Waals surface area contributed by atoms with Gasteiger partial charge in [-0.3, -0.25) is 4.79 Å². The van der Waals surface area contributed by atoms with Crippen LogP contribution in [0.1, 0.15) is 12.8 Å². The van der Waals surface area contributed by atoms with Crippen molar-refractivity contribution < 1.29 is 27.1 Å². The van der Waals surface area contributed by atoms with Gasteiger partial charge in [-0.2, -0.15) is 13.2 Å². The highest BCUT2D eigenvalue weighted by Gasteiger charge is 2.42. The Labute approximate surface area is 141 Å². The summed E-state index contributed by atoms with van der Waals surface area (Å²) in [5, 5.41) is 0.697. The van der Waals surface area contributed by atoms with Gasteiger partial charge in [-0.05, 0) is 31.0 Å². The average molecular weight is 355 g/mol. The van der Waals surface area contributed by atoms with Gasteiger partial charge in [0.05, 0.1) is 5.92 Å². The molecule has 2 aromatic rings. The summed E-state index contributed by atoms with van der Waals surface area (Å²) in [5.74, 6) is -1.68. The summed E-state index contributed by atoms with van der Waals surface area (Å²) in [6.07, 6.45) is -3.94. The van der Waals surface area contributed by atoms with E-state index < -0.39 is 23.6 Å². The van der Waals surface area contributed by atoms with E-state index in [9.17, 15) is 22.8 Å². The maximum absolute atomic E-state index is 12.8. The fraction of sp³-hybridized carbons (Fsp3) is 0.412. The molecule has 0 spiro atoms. The number of piperidine rings is 1. The first-order valence-corrected chi connectivity index (χ1v) is 7.84. The van der Waals surface area contributed by atoms with E-state index >= 15 is 0 Å². The van der Waals surface area contributed by atoms with Crippen molar-refractivity contribution in [2.45, 2.75) is 19.0 Å². The Morgan fingerprint density at radius 1 is 1.28 bits per heavy atom. The molecular formula is C17H16F3NO4. The van der Waals surface area contributed by atoms with E-state index in [4.69, 9.17) is 9.15 Å². The number of rotatable bonds is 3. The predicted octanol–water partition coefficient (Wildman–Crippen LogP) is 2.97. The van der Waals surface area contributed by atoms with Crippen molar-refractivity contribution in [3.05, 3.63) is 40.8 Å². The summed E-state index contributed by atoms with van der Waals surface area (Å²) < 4.78 is 48.8. The van der Waals surface area contributed by atoms with Gasteiger partial charge < -0.3 is 14.1 Å². The van der Waals surface area contributed by atoms with Gasteiger partial charge in [0.25, 0.3) is 5.91 Å². The molecule has 1 saturated heterocycles. The van der Waals surface area contributed by atoms with E-state index in [1.807, 2.05) is 0 Å². The molecule has 134 valence electrons. The number of fused-ring (bicyclic) bond motifs is 1. The number of carbonyl (C=O) groups is 1. The topological polar surface area (TPSA) is 59.8 Å². The largest absolute Gasteiger partial charge is 0.484 e. The molecule has 25 heavy (non-hydrogen) atoms. The fourth-order valence-electron chi connectivity index (χ4n) is 2.84. The molecule has 1 aromatic carbocycles. The number of hydrogen-bond donors (Lipinski definition) is 0. The van der Waals surface area contributed by atoms with Crippen LogP contribution in [-0.2, 0) is 4.79 Å². The van der Waals surface area contributed by atoms with E-state index in [2.05, 4.69) is 0 Å². The number of hydrogen-bond acceptors (Lipinski definition) is 4. The average Bonchev–Trinajstić information content (AvgIpc) is 2.58. The van der Waals surface area contributed by atoms with Crippen molar-refractivity contribution in [1.29, 1.82) is 0 Å². The Hall–Kier alpha value is -2.51. The van der Waals surface area contributed by atoms with Crippen LogP contribution in [-0.4, -0.2) is 36.7 Å². The van der Waals surface area contributed by atoms with Crippen LogP contribution in [0.4, 0.5) is 13.2 Å². The van der Waals surface area contributed by atoms with Crippen LogP contribution < -0.4 is 10.4 Å². The third-order valence-corrected chi connectivity index (χ3v) is 4.19. The third-order valence-electron chi connectivity index (χ3n) is 4.19. The second-order valence-corrected chi connectivity index (χ2v) is 5.96. The minimum atomic E-state index is -4.30. The molecule has 1 atom stereocenters. The monoisotopic (exact) mass is 355 g/mol. The standard InChI is InChI=1S/C17H16F3NO4/c18-17(19,20)12-2-1-7-21(9-12)15(22)10-24-13-5-3-11-4-6-16(23)25-14(11)8-13/h3-6,8,12H,1-2,7,9-10H2/t12-/m1/s1. The zero-order valence-corrected chi connectivity index (χ0v) is 13.2. The van der Waals surface area contributed by atoms with Gasteiger partial charge in [0, 0.05) is 30.6 Å². The summed E-state index contributed by atoms with van der Waals surface area (Å²) in [6.45, 7) is -0.410. The summed E-state index contributed by atoms with van der Waals surface area (Å²) in [6, 6.07) is 7.63. The van der Waals surface area contributed by atoms with Crippen LogP contribution >= 0.6 is 0 Å². The second kappa shape index (κ2) is 6.78. The lowest BCUT2D eigenvalue weighted by molar-refractivity contribution is -0.188. The van der Waals surface area contributed by atoms with Gasteiger partial charge in [-0.15, -0.1) is 0 Å². The quantitative estimate of drug-likeness (QED) is 0.795. The Morgan fingerprint density at radius 3 is 2.80 bits per heavy atom. The molecule has 1 aliphatic heterocycles. The molecule has 0 bridgehead atoms. The Kier molecular flexibility index (Phi) is 4.69. The van der Waals surface area contributed by atoms with Gasteiger partial charge in [-0.1, -0.05) is 0 Å². The summed E-state index contributed by atoms with van der Waals surface area (Å²) in [4.78, 5) is 24.5. The molecule has 1 aliphatic rings. The lowest BCUT2D eigenvalue weighted by Crippen LogP contribution is -2.46. The van der Waals surface area contributed by atoms with Crippen molar-refractivity contribution in [2.24, 2.45) is 5.92 Å². The molecule has 0 unspecified atom stereocenters. The van der Waals surface area contributed by atoms with Gasteiger partial charge in [0.1, 0.15) is 11.3 Å². The molecule has 1 aromatic heterocycles. The number of ether oxygens (including phenoxy) is 1. The Bertz CT molecular complexity index is 830. The van der Waals surface area contributed by atoms with Gasteiger partial charge >= 0.3 is 11.8 Å². The van der Waals surface area contributed by atoms with E-state index in [1.165, 1.54) is 17.0 Å². The normalized spacial score (nSPS) is 18.4. The highest BCUT2D eigenvalue weighted by molar-refractivity contribution is 5.79. The van der Waals surface area contributed by atoms with Crippen molar-refractivity contribution in [2.75, 3.05) is 19.7 Å². The number of likely N-dealkylation sites (tertiary alicyclic amines) is 1. The molecule has 0 radical (unpaired) electrons. The Morgan fingerprint density at radius 2 is 2.04 bits per heavy atom. The number of benzene rings is 1. The van der Waals surface area contributed by atoms with E-state index in [1.54, 1.807) is 18.2 Å². The van der Waals surface area contributed by atoms with Crippen LogP contribution in [0.15, 0.2) is 39.5 Å². The molecular weight excluding hydrogens is 339 g/mol. The van der Waals surface area contributed by atoms with E-state index in [-0.39, 0.29) is 19.6 Å². The van der Waals surface area contributed by atoms with E-state index in [0.29, 0.717) is 29.7 Å². The lowest BCUT2D eigenvalue weighted by Gasteiger charge is -2.33. The number of carbonyl (C=O) groups excluding carboxylic acids is 1. The zero-order valence-electron chi connectivity index (χ0n) is 13.2. The molecule has 3 rings (SSSR count). The van der Waals surface area contributed by atoms with Crippen LogP contribution in [0.5, 0.6) is 5.75 Å². The number of nitrogens with zero attached hydrogens (tertiary/aromatic N) is 1. The first-order chi connectivity index (χ1) is 11.8. The van der Waals surface area contributed by atoms with Crippen LogP contribution in [0.2, 0.25) is 0 Å². The Balaban J connectivity index is 1.63. The number of amides is 1. The molecule has 1 amide bonds. The van der Waals surface area contributed by atoms with E-state index in [0.717, 1.165) is 0 Å². The van der Waals surface area contributed by atoms with Crippen molar-refractivity contribution in [3.8, 4) is 5.75 Å². The highest BCUT2D eigenvalue weighted by Crippen LogP contribution is 2.33. The summed E-state index contributed by atoms with van der Waals surface area (Å²) >= 11 is 0. The van der Waals surface area contributed by atoms with Gasteiger partial charge in [0.2, 0.25) is 0 Å². The highest BCUT2D eigenvalue weighted by atomic mass is 19.4. The van der Waals surface area contributed by atoms with Crippen LogP contribution in [0.25, 0.3) is 11.0 Å². The number of alkyl halides is 3. The number of halogens is 3. The fourth-order valence-corrected chi connectivity index (χ4v) is 2.84. The van der Waals surface area contributed by atoms with Crippen LogP contribution in [0, 0.1) is 5.92 Å². The van der Waals surface area contributed by atoms with Crippen LogP contribution in [0.3, 0.4) is 0 Å². The second-order valence-electron chi connectivity index (χ2n) is 5.96. The maximum atomic E-state index is 12.8. The first kappa shape index (κ1) is 17.3. The van der Waals surface area contributed by atoms with Crippen molar-refractivity contribution in [3.63, 3.8) is 0 Å².